The number of aliphatic hydroxyl groups excluding tert-OH is 3. The van der Waals surface area contributed by atoms with Crippen molar-refractivity contribution in [3.05, 3.63) is 48.6 Å². The summed E-state index contributed by atoms with van der Waals surface area (Å²) in [7, 11) is 1.42. The molecule has 3 atom stereocenters. The number of carbonyl (C=O) groups is 2. The minimum Gasteiger partial charge on any atom is -0.469 e. The largest absolute Gasteiger partial charge is 0.469 e. The summed E-state index contributed by atoms with van der Waals surface area (Å²) in [6.45, 7) is 8.69. The summed E-state index contributed by atoms with van der Waals surface area (Å²) >= 11 is 0. The second-order valence-corrected chi connectivity index (χ2v) is 14.6. The minimum absolute atomic E-state index is 0.133. The van der Waals surface area contributed by atoms with Crippen LogP contribution in [0, 0.1) is 35.5 Å². The molecule has 0 spiro atoms. The van der Waals surface area contributed by atoms with Gasteiger partial charge in [-0.1, -0.05) is 151 Å². The van der Waals surface area contributed by atoms with E-state index in [0.29, 0.717) is 12.8 Å². The molecule has 58 heavy (non-hydrogen) atoms. The highest BCUT2D eigenvalue weighted by molar-refractivity contribution is 5.69. The zero-order chi connectivity index (χ0) is 43.4. The Balaban J connectivity index is -0.000000801. The fourth-order valence-electron chi connectivity index (χ4n) is 5.24. The molecule has 0 aromatic carbocycles. The van der Waals surface area contributed by atoms with Crippen molar-refractivity contribution in [1.29, 1.82) is 0 Å². The lowest BCUT2D eigenvalue weighted by Gasteiger charge is -2.00. The average molecular weight is 807 g/mol. The minimum atomic E-state index is -0.485. The van der Waals surface area contributed by atoms with Gasteiger partial charge in [-0.3, -0.25) is 4.79 Å². The van der Waals surface area contributed by atoms with Crippen LogP contribution in [-0.4, -0.2) is 53.0 Å². The van der Waals surface area contributed by atoms with Crippen molar-refractivity contribution in [2.75, 3.05) is 7.11 Å². The van der Waals surface area contributed by atoms with Crippen molar-refractivity contribution in [3.8, 4) is 35.5 Å². The fourth-order valence-corrected chi connectivity index (χ4v) is 5.24. The van der Waals surface area contributed by atoms with E-state index >= 15 is 0 Å². The second kappa shape index (κ2) is 53.7. The first kappa shape index (κ1) is 59.0. The molecule has 0 aliphatic heterocycles. The standard InChI is InChI=1S/C21H34O3.C16H28O.C15H24O2/c1-3-4-14-17-20(22)18-15-12-10-8-6-5-7-9-11-13-16-19-21(23)24-2;1-3-5-7-8-9-10-11-13-15-16(17)14-12-6-4-2;1-2-3-9-12-15(17)13-10-7-5-4-6-8-11-14-16/h9-12,20,22H,3-8,13-14,16-17,19H2,1-2H3;10-11,16-17H,3-9,12,14H2,1-2H3;5,7,14-15,17H,2-4,6,8-9,11-12H2,1H3/b11-9-,12-10-;11-10-;7-5-. The Morgan fingerprint density at radius 2 is 0.793 bits per heavy atom. The van der Waals surface area contributed by atoms with Crippen LogP contribution >= 0.6 is 0 Å². The molecule has 0 saturated heterocycles. The number of ether oxygens (including phenoxy) is 1. The number of carbonyl (C=O) groups excluding carboxylic acids is 2. The normalized spacial score (nSPS) is 12.3. The van der Waals surface area contributed by atoms with Crippen LogP contribution in [0.4, 0.5) is 0 Å². The Morgan fingerprint density at radius 1 is 0.466 bits per heavy atom. The molecule has 0 aliphatic rings. The molecule has 6 heteroatoms. The number of esters is 1. The SMILES string of the molecule is CCCCCC(O)C#C/C=C\CCCC/C=C\CCCC(=O)OC.CCCCCC(O)C#C/C=C\CCCCC=O.CCCCCC/C=C\C#CC(O)CCCCC. The van der Waals surface area contributed by atoms with Gasteiger partial charge in [-0.15, -0.1) is 0 Å². The van der Waals surface area contributed by atoms with Gasteiger partial charge in [-0.05, 0) is 127 Å². The molecule has 0 rings (SSSR count). The maximum atomic E-state index is 10.9. The molecule has 0 aromatic heterocycles. The number of hydrogen-bond donors (Lipinski definition) is 3. The van der Waals surface area contributed by atoms with E-state index in [1.54, 1.807) is 6.08 Å². The van der Waals surface area contributed by atoms with Crippen molar-refractivity contribution >= 4 is 12.3 Å². The first-order valence-electron chi connectivity index (χ1n) is 23.0. The summed E-state index contributed by atoms with van der Waals surface area (Å²) in [5.41, 5.74) is 0. The lowest BCUT2D eigenvalue weighted by Crippen LogP contribution is -2.01. The van der Waals surface area contributed by atoms with Gasteiger partial charge in [0.05, 0.1) is 7.11 Å². The van der Waals surface area contributed by atoms with E-state index in [1.807, 2.05) is 18.2 Å². The van der Waals surface area contributed by atoms with Gasteiger partial charge in [0.1, 0.15) is 24.6 Å². The van der Waals surface area contributed by atoms with Gasteiger partial charge < -0.3 is 24.9 Å². The van der Waals surface area contributed by atoms with Crippen molar-refractivity contribution in [2.45, 2.75) is 226 Å². The predicted molar refractivity (Wildman–Crippen MR) is 248 cm³/mol. The Bertz CT molecular complexity index is 1200. The Morgan fingerprint density at radius 3 is 1.16 bits per heavy atom. The van der Waals surface area contributed by atoms with Gasteiger partial charge in [0.2, 0.25) is 0 Å². The number of aliphatic hydroxyl groups is 3. The van der Waals surface area contributed by atoms with Crippen LogP contribution in [-0.2, 0) is 14.3 Å². The third kappa shape index (κ3) is 57.0. The van der Waals surface area contributed by atoms with Gasteiger partial charge in [0.25, 0.3) is 0 Å². The molecule has 0 aromatic rings. The van der Waals surface area contributed by atoms with E-state index in [-0.39, 0.29) is 5.97 Å². The highest BCUT2D eigenvalue weighted by Gasteiger charge is 1.99. The highest BCUT2D eigenvalue weighted by atomic mass is 16.5. The van der Waals surface area contributed by atoms with E-state index in [0.717, 1.165) is 122 Å². The molecule has 0 amide bonds. The van der Waals surface area contributed by atoms with Crippen LogP contribution < -0.4 is 0 Å². The second-order valence-electron chi connectivity index (χ2n) is 14.6. The number of allylic oxidation sites excluding steroid dienone is 8. The van der Waals surface area contributed by atoms with E-state index in [1.165, 1.54) is 58.5 Å². The summed E-state index contributed by atoms with van der Waals surface area (Å²) in [6.07, 6.45) is 44.7. The van der Waals surface area contributed by atoms with Crippen molar-refractivity contribution < 1.29 is 29.6 Å². The molecule has 330 valence electrons. The van der Waals surface area contributed by atoms with E-state index in [4.69, 9.17) is 0 Å². The molecule has 0 aliphatic carbocycles. The molecule has 0 heterocycles. The topological polar surface area (TPSA) is 104 Å². The summed E-state index contributed by atoms with van der Waals surface area (Å²) in [6, 6.07) is 0. The first-order chi connectivity index (χ1) is 28.3. The zero-order valence-corrected chi connectivity index (χ0v) is 37.8. The quantitative estimate of drug-likeness (QED) is 0.0212. The molecule has 0 radical (unpaired) electrons. The lowest BCUT2D eigenvalue weighted by atomic mass is 10.1. The number of hydrogen-bond acceptors (Lipinski definition) is 6. The Labute approximate surface area is 357 Å². The molecule has 0 fully saturated rings. The summed E-state index contributed by atoms with van der Waals surface area (Å²) in [4.78, 5) is 21.0. The summed E-state index contributed by atoms with van der Waals surface area (Å²) in [5.74, 6) is 17.1. The Hall–Kier alpha value is -3.34. The third-order valence-corrected chi connectivity index (χ3v) is 8.90. The molecule has 3 N–H and O–H groups in total. The van der Waals surface area contributed by atoms with Crippen LogP contribution in [0.2, 0.25) is 0 Å². The van der Waals surface area contributed by atoms with Crippen molar-refractivity contribution in [2.24, 2.45) is 0 Å². The van der Waals surface area contributed by atoms with Gasteiger partial charge in [0.15, 0.2) is 0 Å². The molecule has 3 unspecified atom stereocenters. The monoisotopic (exact) mass is 807 g/mol. The number of rotatable bonds is 31. The highest BCUT2D eigenvalue weighted by Crippen LogP contribution is 2.07. The van der Waals surface area contributed by atoms with E-state index in [2.05, 4.69) is 92.3 Å². The van der Waals surface area contributed by atoms with Gasteiger partial charge >= 0.3 is 5.97 Å². The van der Waals surface area contributed by atoms with Crippen LogP contribution in [0.15, 0.2) is 48.6 Å². The molecular weight excluding hydrogens is 721 g/mol. The summed E-state index contributed by atoms with van der Waals surface area (Å²) in [5, 5.41) is 28.7. The Kier molecular flexibility index (Phi) is 54.6. The maximum Gasteiger partial charge on any atom is 0.305 e. The first-order valence-corrected chi connectivity index (χ1v) is 23.0. The van der Waals surface area contributed by atoms with Gasteiger partial charge in [0, 0.05) is 12.8 Å². The average Bonchev–Trinajstić information content (AvgIpc) is 3.22. The van der Waals surface area contributed by atoms with Crippen LogP contribution in [0.5, 0.6) is 0 Å². The summed E-state index contributed by atoms with van der Waals surface area (Å²) < 4.78 is 4.59. The molecular formula is C52H86O6. The maximum absolute atomic E-state index is 10.9. The molecule has 0 bridgehead atoms. The zero-order valence-electron chi connectivity index (χ0n) is 37.8. The number of methoxy groups -OCH3 is 1. The third-order valence-electron chi connectivity index (χ3n) is 8.90. The molecule has 6 nitrogen and oxygen atoms in total. The van der Waals surface area contributed by atoms with E-state index < -0.39 is 18.3 Å². The van der Waals surface area contributed by atoms with E-state index in [9.17, 15) is 24.9 Å². The fraction of sp³-hybridized carbons (Fsp3) is 0.692. The van der Waals surface area contributed by atoms with Gasteiger partial charge in [-0.2, -0.15) is 0 Å². The van der Waals surface area contributed by atoms with Gasteiger partial charge in [-0.25, -0.2) is 0 Å². The molecule has 0 saturated carbocycles. The predicted octanol–water partition coefficient (Wildman–Crippen LogP) is 12.7. The van der Waals surface area contributed by atoms with Crippen LogP contribution in [0.3, 0.4) is 0 Å². The van der Waals surface area contributed by atoms with Crippen LogP contribution in [0.25, 0.3) is 0 Å². The smallest absolute Gasteiger partial charge is 0.305 e. The lowest BCUT2D eigenvalue weighted by molar-refractivity contribution is -0.140. The number of unbranched alkanes of at least 4 members (excludes halogenated alkanes) is 17. The van der Waals surface area contributed by atoms with Crippen molar-refractivity contribution in [1.82, 2.24) is 0 Å². The van der Waals surface area contributed by atoms with Crippen molar-refractivity contribution in [3.63, 3.8) is 0 Å². The van der Waals surface area contributed by atoms with Crippen LogP contribution in [0.1, 0.15) is 207 Å². The number of aldehydes is 1.